The van der Waals surface area contributed by atoms with Crippen LogP contribution in [0.25, 0.3) is 0 Å². The Labute approximate surface area is 107 Å². The molecule has 0 bridgehead atoms. The van der Waals surface area contributed by atoms with Gasteiger partial charge in [-0.15, -0.1) is 0 Å². The predicted molar refractivity (Wildman–Crippen MR) is 72.2 cm³/mol. The predicted octanol–water partition coefficient (Wildman–Crippen LogP) is 3.36. The van der Waals surface area contributed by atoms with Gasteiger partial charge in [-0.05, 0) is 51.4 Å². The Morgan fingerprint density at radius 3 is 2.59 bits per heavy atom. The summed E-state index contributed by atoms with van der Waals surface area (Å²) in [5.74, 6) is 1.80. The molecule has 1 aliphatic carbocycles. The minimum absolute atomic E-state index is 0.0713. The average Bonchev–Trinajstić information content (AvgIpc) is 2.59. The van der Waals surface area contributed by atoms with Gasteiger partial charge >= 0.3 is 0 Å². The van der Waals surface area contributed by atoms with Gasteiger partial charge in [-0.3, -0.25) is 0 Å². The lowest BCUT2D eigenvalue weighted by atomic mass is 9.90. The zero-order valence-corrected chi connectivity index (χ0v) is 12.0. The van der Waals surface area contributed by atoms with E-state index in [1.807, 2.05) is 0 Å². The summed E-state index contributed by atoms with van der Waals surface area (Å²) in [6.07, 6.45) is 6.48. The Morgan fingerprint density at radius 1 is 1.24 bits per heavy atom. The molecule has 0 aromatic carbocycles. The van der Waals surface area contributed by atoms with Gasteiger partial charge in [0.25, 0.3) is 0 Å². The molecule has 4 unspecified atom stereocenters. The van der Waals surface area contributed by atoms with Gasteiger partial charge < -0.3 is 10.1 Å². The molecule has 2 aliphatic rings. The monoisotopic (exact) mass is 239 g/mol. The Morgan fingerprint density at radius 2 is 2.00 bits per heavy atom. The van der Waals surface area contributed by atoms with Crippen molar-refractivity contribution in [3.8, 4) is 0 Å². The second-order valence-corrected chi connectivity index (χ2v) is 6.68. The first-order valence-corrected chi connectivity index (χ1v) is 7.42. The fraction of sp³-hybridized carbons (Fsp3) is 1.00. The fourth-order valence-corrected chi connectivity index (χ4v) is 3.74. The van der Waals surface area contributed by atoms with E-state index >= 15 is 0 Å². The normalized spacial score (nSPS) is 41.6. The van der Waals surface area contributed by atoms with Crippen molar-refractivity contribution in [2.75, 3.05) is 6.61 Å². The molecule has 0 aromatic heterocycles. The van der Waals surface area contributed by atoms with E-state index < -0.39 is 0 Å². The first-order valence-electron chi connectivity index (χ1n) is 7.42. The standard InChI is InChI=1S/C15H29NO/c1-5-12-6-7-14(11(12)2)16-13-8-9-17-15(3,4)10-13/h11-14,16H,5-10H2,1-4H3. The lowest BCUT2D eigenvalue weighted by Crippen LogP contribution is -2.48. The molecule has 2 rings (SSSR count). The molecule has 2 nitrogen and oxygen atoms in total. The number of hydrogen-bond acceptors (Lipinski definition) is 2. The van der Waals surface area contributed by atoms with Crippen molar-refractivity contribution >= 4 is 0 Å². The van der Waals surface area contributed by atoms with Crippen LogP contribution in [0, 0.1) is 11.8 Å². The van der Waals surface area contributed by atoms with E-state index in [0.29, 0.717) is 6.04 Å². The van der Waals surface area contributed by atoms with Crippen LogP contribution in [0.15, 0.2) is 0 Å². The first-order chi connectivity index (χ1) is 8.02. The quantitative estimate of drug-likeness (QED) is 0.815. The minimum atomic E-state index is 0.0713. The van der Waals surface area contributed by atoms with Gasteiger partial charge in [-0.2, -0.15) is 0 Å². The molecular formula is C15H29NO. The van der Waals surface area contributed by atoms with Crippen molar-refractivity contribution in [2.45, 2.75) is 77.5 Å². The number of ether oxygens (including phenoxy) is 1. The molecule has 0 spiro atoms. The molecule has 0 amide bonds. The molecule has 17 heavy (non-hydrogen) atoms. The molecule has 1 aliphatic heterocycles. The van der Waals surface area contributed by atoms with E-state index in [0.717, 1.165) is 30.9 Å². The largest absolute Gasteiger partial charge is 0.375 e. The Balaban J connectivity index is 1.85. The summed E-state index contributed by atoms with van der Waals surface area (Å²) in [6, 6.07) is 1.42. The third-order valence-corrected chi connectivity index (χ3v) is 4.90. The summed E-state index contributed by atoms with van der Waals surface area (Å²) in [6.45, 7) is 10.1. The summed E-state index contributed by atoms with van der Waals surface area (Å²) < 4.78 is 5.79. The first kappa shape index (κ1) is 13.4. The van der Waals surface area contributed by atoms with Crippen LogP contribution in [-0.4, -0.2) is 24.3 Å². The maximum absolute atomic E-state index is 5.79. The summed E-state index contributed by atoms with van der Waals surface area (Å²) in [5.41, 5.74) is 0.0713. The summed E-state index contributed by atoms with van der Waals surface area (Å²) in [7, 11) is 0. The summed E-state index contributed by atoms with van der Waals surface area (Å²) in [5, 5.41) is 3.91. The highest BCUT2D eigenvalue weighted by atomic mass is 16.5. The maximum Gasteiger partial charge on any atom is 0.0641 e. The van der Waals surface area contributed by atoms with Crippen molar-refractivity contribution in [3.63, 3.8) is 0 Å². The van der Waals surface area contributed by atoms with Crippen LogP contribution in [-0.2, 0) is 4.74 Å². The fourth-order valence-electron chi connectivity index (χ4n) is 3.74. The van der Waals surface area contributed by atoms with Crippen LogP contribution >= 0.6 is 0 Å². The molecule has 2 heteroatoms. The van der Waals surface area contributed by atoms with Crippen molar-refractivity contribution < 1.29 is 4.74 Å². The van der Waals surface area contributed by atoms with E-state index in [4.69, 9.17) is 4.74 Å². The topological polar surface area (TPSA) is 21.3 Å². The molecule has 100 valence electrons. The zero-order valence-electron chi connectivity index (χ0n) is 12.0. The second-order valence-electron chi connectivity index (χ2n) is 6.68. The van der Waals surface area contributed by atoms with E-state index in [-0.39, 0.29) is 5.60 Å². The number of nitrogens with one attached hydrogen (secondary N) is 1. The van der Waals surface area contributed by atoms with Gasteiger partial charge in [-0.25, -0.2) is 0 Å². The molecule has 1 N–H and O–H groups in total. The lowest BCUT2D eigenvalue weighted by molar-refractivity contribution is -0.0646. The van der Waals surface area contributed by atoms with Gasteiger partial charge in [0.15, 0.2) is 0 Å². The second kappa shape index (κ2) is 5.27. The number of hydrogen-bond donors (Lipinski definition) is 1. The minimum Gasteiger partial charge on any atom is -0.375 e. The third kappa shape index (κ3) is 3.23. The van der Waals surface area contributed by atoms with E-state index in [9.17, 15) is 0 Å². The SMILES string of the molecule is CCC1CCC(NC2CCOC(C)(C)C2)C1C. The van der Waals surface area contributed by atoms with Crippen LogP contribution in [0.4, 0.5) is 0 Å². The smallest absolute Gasteiger partial charge is 0.0641 e. The van der Waals surface area contributed by atoms with Gasteiger partial charge in [0.2, 0.25) is 0 Å². The average molecular weight is 239 g/mol. The lowest BCUT2D eigenvalue weighted by Gasteiger charge is -2.38. The van der Waals surface area contributed by atoms with Gasteiger partial charge in [0.1, 0.15) is 0 Å². The van der Waals surface area contributed by atoms with Crippen LogP contribution in [0.1, 0.15) is 59.8 Å². The van der Waals surface area contributed by atoms with E-state index in [1.54, 1.807) is 0 Å². The van der Waals surface area contributed by atoms with Gasteiger partial charge in [0.05, 0.1) is 5.60 Å². The Kier molecular flexibility index (Phi) is 4.14. The zero-order chi connectivity index (χ0) is 12.5. The highest BCUT2D eigenvalue weighted by Crippen LogP contribution is 2.35. The molecular weight excluding hydrogens is 210 g/mol. The van der Waals surface area contributed by atoms with Crippen LogP contribution in [0.2, 0.25) is 0 Å². The summed E-state index contributed by atoms with van der Waals surface area (Å²) in [4.78, 5) is 0. The molecule has 1 saturated heterocycles. The highest BCUT2D eigenvalue weighted by molar-refractivity contribution is 4.91. The Hall–Kier alpha value is -0.0800. The van der Waals surface area contributed by atoms with Crippen LogP contribution in [0.5, 0.6) is 0 Å². The molecule has 4 atom stereocenters. The molecule has 1 heterocycles. The van der Waals surface area contributed by atoms with Crippen molar-refractivity contribution in [1.29, 1.82) is 0 Å². The van der Waals surface area contributed by atoms with Crippen molar-refractivity contribution in [2.24, 2.45) is 11.8 Å². The summed E-state index contributed by atoms with van der Waals surface area (Å²) >= 11 is 0. The van der Waals surface area contributed by atoms with Crippen molar-refractivity contribution in [1.82, 2.24) is 5.32 Å². The van der Waals surface area contributed by atoms with E-state index in [2.05, 4.69) is 33.0 Å². The van der Waals surface area contributed by atoms with Gasteiger partial charge in [-0.1, -0.05) is 20.3 Å². The van der Waals surface area contributed by atoms with Crippen LogP contribution in [0.3, 0.4) is 0 Å². The Bertz CT molecular complexity index is 251. The van der Waals surface area contributed by atoms with Crippen molar-refractivity contribution in [3.05, 3.63) is 0 Å². The van der Waals surface area contributed by atoms with Gasteiger partial charge in [0, 0.05) is 18.7 Å². The van der Waals surface area contributed by atoms with Crippen LogP contribution < -0.4 is 5.32 Å². The molecule has 2 fully saturated rings. The molecule has 1 saturated carbocycles. The molecule has 0 radical (unpaired) electrons. The molecule has 0 aromatic rings. The third-order valence-electron chi connectivity index (χ3n) is 4.90. The number of rotatable bonds is 3. The van der Waals surface area contributed by atoms with E-state index in [1.165, 1.54) is 25.7 Å². The highest BCUT2D eigenvalue weighted by Gasteiger charge is 2.35. The maximum atomic E-state index is 5.79.